The highest BCUT2D eigenvalue weighted by molar-refractivity contribution is 7.92. The van der Waals surface area contributed by atoms with Gasteiger partial charge in [-0.3, -0.25) is 9.78 Å². The lowest BCUT2D eigenvalue weighted by molar-refractivity contribution is -0.123. The maximum absolute atomic E-state index is 13.4. The van der Waals surface area contributed by atoms with E-state index in [-0.39, 0.29) is 12.2 Å². The molecule has 1 saturated heterocycles. The number of benzene rings is 2. The molecular formula is C23H21F3N4O4S. The van der Waals surface area contributed by atoms with Gasteiger partial charge >= 0.3 is 11.5 Å². The summed E-state index contributed by atoms with van der Waals surface area (Å²) in [5.74, 6) is -0.599. The summed E-state index contributed by atoms with van der Waals surface area (Å²) < 4.78 is 61.9. The first-order valence-corrected chi connectivity index (χ1v) is 11.9. The largest absolute Gasteiger partial charge is 0.501 e. The number of nitrogens with one attached hydrogen (secondary N) is 1. The van der Waals surface area contributed by atoms with Gasteiger partial charge in [0.05, 0.1) is 34.5 Å². The molecule has 1 aromatic heterocycles. The molecule has 1 aliphatic rings. The number of para-hydroxylation sites is 1. The van der Waals surface area contributed by atoms with Gasteiger partial charge in [-0.25, -0.2) is 18.1 Å². The smallest absolute Gasteiger partial charge is 0.387 e. The Balaban J connectivity index is 1.72. The molecule has 2 aromatic carbocycles. The summed E-state index contributed by atoms with van der Waals surface area (Å²) in [6.07, 6.45) is 1.63. The van der Waals surface area contributed by atoms with Gasteiger partial charge in [0, 0.05) is 18.0 Å². The molecule has 1 N–H and O–H groups in total. The molecular weight excluding hydrogens is 485 g/mol. The van der Waals surface area contributed by atoms with Gasteiger partial charge in [-0.05, 0) is 44.2 Å². The lowest BCUT2D eigenvalue weighted by atomic mass is 10.0. The Morgan fingerprint density at radius 3 is 2.26 bits per heavy atom. The number of hydrogen-bond acceptors (Lipinski definition) is 6. The van der Waals surface area contributed by atoms with Crippen molar-refractivity contribution >= 4 is 44.1 Å². The van der Waals surface area contributed by atoms with Gasteiger partial charge in [-0.15, -0.1) is 0 Å². The van der Waals surface area contributed by atoms with Crippen molar-refractivity contribution in [3.63, 3.8) is 0 Å². The zero-order chi connectivity index (χ0) is 25.8. The molecule has 1 fully saturated rings. The highest BCUT2D eigenvalue weighted by atomic mass is 32.2. The topological polar surface area (TPSA) is 99.7 Å². The molecule has 2 heterocycles. The van der Waals surface area contributed by atoms with Crippen LogP contribution in [0.5, 0.6) is 0 Å². The number of carbonyl (C=O) groups excluding carboxylic acids is 2. The van der Waals surface area contributed by atoms with Gasteiger partial charge in [-0.2, -0.15) is 13.2 Å². The fourth-order valence-electron chi connectivity index (χ4n) is 3.98. The van der Waals surface area contributed by atoms with Crippen LogP contribution < -0.4 is 10.2 Å². The minimum Gasteiger partial charge on any atom is -0.387 e. The zero-order valence-electron chi connectivity index (χ0n) is 18.9. The summed E-state index contributed by atoms with van der Waals surface area (Å²) in [5.41, 5.74) is -4.69. The second-order valence-corrected chi connectivity index (χ2v) is 10.4. The van der Waals surface area contributed by atoms with Crippen molar-refractivity contribution in [1.82, 2.24) is 9.88 Å². The fourth-order valence-corrected chi connectivity index (χ4v) is 4.74. The average molecular weight is 507 g/mol. The number of amides is 3. The second-order valence-electron chi connectivity index (χ2n) is 8.43. The summed E-state index contributed by atoms with van der Waals surface area (Å²) in [7, 11) is -3.85. The molecule has 184 valence electrons. The van der Waals surface area contributed by atoms with Gasteiger partial charge in [0.15, 0.2) is 0 Å². The van der Waals surface area contributed by atoms with Crippen LogP contribution in [-0.2, 0) is 21.2 Å². The third-order valence-electron chi connectivity index (χ3n) is 6.01. The number of sulfone groups is 1. The number of hydrogen-bond donors (Lipinski definition) is 1. The van der Waals surface area contributed by atoms with E-state index < -0.39 is 37.7 Å². The van der Waals surface area contributed by atoms with Crippen LogP contribution in [0.15, 0.2) is 59.6 Å². The number of aromatic nitrogens is 1. The molecule has 4 rings (SSSR count). The zero-order valence-corrected chi connectivity index (χ0v) is 19.7. The van der Waals surface area contributed by atoms with Gasteiger partial charge in [0.25, 0.3) is 15.7 Å². The van der Waals surface area contributed by atoms with E-state index in [1.807, 2.05) is 24.3 Å². The number of imide groups is 1. The Kier molecular flexibility index (Phi) is 5.75. The molecule has 0 aliphatic carbocycles. The molecule has 1 aliphatic heterocycles. The lowest BCUT2D eigenvalue weighted by Crippen LogP contribution is -2.43. The summed E-state index contributed by atoms with van der Waals surface area (Å²) >= 11 is 0. The van der Waals surface area contributed by atoms with E-state index in [0.717, 1.165) is 40.1 Å². The van der Waals surface area contributed by atoms with Crippen molar-refractivity contribution in [2.24, 2.45) is 0 Å². The van der Waals surface area contributed by atoms with Gasteiger partial charge in [-0.1, -0.05) is 18.2 Å². The number of urea groups is 1. The monoisotopic (exact) mass is 506 g/mol. The van der Waals surface area contributed by atoms with Crippen molar-refractivity contribution in [1.29, 1.82) is 0 Å². The Morgan fingerprint density at radius 1 is 1.03 bits per heavy atom. The van der Waals surface area contributed by atoms with Crippen molar-refractivity contribution in [3.05, 3.63) is 60.3 Å². The van der Waals surface area contributed by atoms with Crippen LogP contribution in [0.1, 0.15) is 19.4 Å². The minimum atomic E-state index is -5.56. The summed E-state index contributed by atoms with van der Waals surface area (Å²) in [6, 6.07) is 10.1. The quantitative estimate of drug-likeness (QED) is 0.518. The van der Waals surface area contributed by atoms with E-state index in [0.29, 0.717) is 11.2 Å². The third-order valence-corrected chi connectivity index (χ3v) is 7.51. The molecule has 0 saturated carbocycles. The molecule has 0 radical (unpaired) electrons. The first kappa shape index (κ1) is 24.5. The normalized spacial score (nSPS) is 16.3. The van der Waals surface area contributed by atoms with Gasteiger partial charge < -0.3 is 10.2 Å². The second kappa shape index (κ2) is 8.22. The van der Waals surface area contributed by atoms with Crippen molar-refractivity contribution in [2.45, 2.75) is 36.3 Å². The predicted molar refractivity (Wildman–Crippen MR) is 123 cm³/mol. The Hall–Kier alpha value is -3.67. The number of alkyl halides is 3. The first-order chi connectivity index (χ1) is 16.3. The maximum atomic E-state index is 13.4. The molecule has 35 heavy (non-hydrogen) atoms. The summed E-state index contributed by atoms with van der Waals surface area (Å²) in [6.45, 7) is 3.18. The highest BCUT2D eigenvalue weighted by Crippen LogP contribution is 2.37. The fraction of sp³-hybridized carbons (Fsp3) is 0.261. The number of halogens is 3. The SMILES string of the molecule is CNc1cnc2ccccc2c1CN1C(=O)N(c2ccc(S(=O)(=O)C(F)(F)F)cc2)C(=O)C1(C)C. The molecule has 3 amide bonds. The Labute approximate surface area is 199 Å². The Morgan fingerprint density at radius 2 is 1.66 bits per heavy atom. The van der Waals surface area contributed by atoms with Gasteiger partial charge in [0.2, 0.25) is 0 Å². The van der Waals surface area contributed by atoms with Crippen LogP contribution in [0.2, 0.25) is 0 Å². The number of pyridine rings is 1. The molecule has 3 aromatic rings. The van der Waals surface area contributed by atoms with Crippen LogP contribution >= 0.6 is 0 Å². The number of fused-ring (bicyclic) bond motifs is 1. The number of anilines is 2. The van der Waals surface area contributed by atoms with Crippen molar-refractivity contribution < 1.29 is 31.2 Å². The number of carbonyl (C=O) groups is 2. The molecule has 0 spiro atoms. The lowest BCUT2D eigenvalue weighted by Gasteiger charge is -2.29. The molecule has 0 atom stereocenters. The van der Waals surface area contributed by atoms with Crippen LogP contribution in [-0.4, -0.2) is 48.3 Å². The van der Waals surface area contributed by atoms with Crippen LogP contribution in [0.3, 0.4) is 0 Å². The van der Waals surface area contributed by atoms with Crippen LogP contribution in [0.25, 0.3) is 10.9 Å². The third kappa shape index (κ3) is 3.87. The minimum absolute atomic E-state index is 0.0369. The predicted octanol–water partition coefficient (Wildman–Crippen LogP) is 4.32. The molecule has 0 unspecified atom stereocenters. The molecule has 12 heteroatoms. The van der Waals surface area contributed by atoms with E-state index in [1.54, 1.807) is 27.1 Å². The van der Waals surface area contributed by atoms with E-state index >= 15 is 0 Å². The first-order valence-electron chi connectivity index (χ1n) is 10.4. The summed E-state index contributed by atoms with van der Waals surface area (Å²) in [5, 5.41) is 3.83. The summed E-state index contributed by atoms with van der Waals surface area (Å²) in [4.78, 5) is 32.3. The van der Waals surface area contributed by atoms with Crippen LogP contribution in [0, 0.1) is 0 Å². The standard InChI is InChI=1S/C23H21F3N4O4S/c1-22(2)20(31)30(14-8-10-15(11-9-14)35(33,34)23(24,25)26)21(32)29(22)13-17-16-6-4-5-7-18(16)28-12-19(17)27-3/h4-12,27H,13H2,1-3H3. The number of rotatable bonds is 5. The van der Waals surface area contributed by atoms with E-state index in [2.05, 4.69) is 10.3 Å². The number of nitrogens with zero attached hydrogens (tertiary/aromatic N) is 3. The average Bonchev–Trinajstić information content (AvgIpc) is 2.97. The maximum Gasteiger partial charge on any atom is 0.501 e. The van der Waals surface area contributed by atoms with E-state index in [1.165, 1.54) is 4.90 Å². The Bertz CT molecular complexity index is 1440. The van der Waals surface area contributed by atoms with E-state index in [4.69, 9.17) is 0 Å². The molecule has 0 bridgehead atoms. The van der Waals surface area contributed by atoms with Gasteiger partial charge in [0.1, 0.15) is 5.54 Å². The highest BCUT2D eigenvalue weighted by Gasteiger charge is 2.52. The van der Waals surface area contributed by atoms with Crippen molar-refractivity contribution in [3.8, 4) is 0 Å². The molecule has 8 nitrogen and oxygen atoms in total. The van der Waals surface area contributed by atoms with E-state index in [9.17, 15) is 31.2 Å². The van der Waals surface area contributed by atoms with Crippen molar-refractivity contribution in [2.75, 3.05) is 17.3 Å². The van der Waals surface area contributed by atoms with Crippen LogP contribution in [0.4, 0.5) is 29.3 Å².